The Labute approximate surface area is 135 Å². The molecule has 0 unspecified atom stereocenters. The molecule has 0 amide bonds. The van der Waals surface area contributed by atoms with Gasteiger partial charge < -0.3 is 10.2 Å². The second kappa shape index (κ2) is 6.51. The van der Waals surface area contributed by atoms with Gasteiger partial charge in [0.25, 0.3) is 0 Å². The van der Waals surface area contributed by atoms with Gasteiger partial charge in [0.1, 0.15) is 17.2 Å². The molecule has 21 heavy (non-hydrogen) atoms. The Balaban J connectivity index is 0.00000161. The van der Waals surface area contributed by atoms with E-state index in [4.69, 9.17) is 0 Å². The van der Waals surface area contributed by atoms with Gasteiger partial charge in [-0.3, -0.25) is 4.99 Å². The molecule has 4 heteroatoms. The van der Waals surface area contributed by atoms with E-state index in [1.807, 2.05) is 30.3 Å². The van der Waals surface area contributed by atoms with Crippen LogP contribution in [0.1, 0.15) is 5.56 Å². The first-order valence-electron chi connectivity index (χ1n) is 6.28. The summed E-state index contributed by atoms with van der Waals surface area (Å²) < 4.78 is 0. The fourth-order valence-corrected chi connectivity index (χ4v) is 2.13. The number of hydrogen-bond donors (Lipinski definition) is 2. The van der Waals surface area contributed by atoms with E-state index >= 15 is 0 Å². The average Bonchev–Trinajstić information content (AvgIpc) is 2.48. The maximum absolute atomic E-state index is 10.0. The van der Waals surface area contributed by atoms with Gasteiger partial charge in [0, 0.05) is 31.3 Å². The summed E-state index contributed by atoms with van der Waals surface area (Å²) in [7, 11) is 0. The fraction of sp³-hybridized carbons (Fsp3) is 0. The number of aromatic hydroxyl groups is 2. The van der Waals surface area contributed by atoms with Gasteiger partial charge in [-0.05, 0) is 29.0 Å². The van der Waals surface area contributed by atoms with E-state index in [0.29, 0.717) is 11.3 Å². The van der Waals surface area contributed by atoms with Crippen LogP contribution in [-0.2, 0) is 19.5 Å². The normalized spacial score (nSPS) is 10.7. The monoisotopic (exact) mass is 327 g/mol. The zero-order valence-corrected chi connectivity index (χ0v) is 14.4. The molecule has 0 saturated heterocycles. The van der Waals surface area contributed by atoms with Gasteiger partial charge in [0.15, 0.2) is 0 Å². The third-order valence-electron chi connectivity index (χ3n) is 3.16. The molecule has 3 rings (SSSR count). The minimum absolute atomic E-state index is 0. The summed E-state index contributed by atoms with van der Waals surface area (Å²) in [5.74, 6) is 0.284. The largest absolute Gasteiger partial charge is 0.507 e. The van der Waals surface area contributed by atoms with Crippen LogP contribution in [0.25, 0.3) is 10.8 Å². The van der Waals surface area contributed by atoms with Crippen molar-refractivity contribution < 1.29 is 29.7 Å². The van der Waals surface area contributed by atoms with E-state index in [9.17, 15) is 10.2 Å². The molecule has 0 atom stereocenters. The quantitative estimate of drug-likeness (QED) is 0.552. The zero-order valence-electron chi connectivity index (χ0n) is 11.4. The van der Waals surface area contributed by atoms with Crippen molar-refractivity contribution in [3.63, 3.8) is 0 Å². The van der Waals surface area contributed by atoms with Gasteiger partial charge in [0.05, 0.1) is 0 Å². The fourth-order valence-electron chi connectivity index (χ4n) is 2.13. The molecule has 3 aromatic carbocycles. The Morgan fingerprint density at radius 2 is 1.48 bits per heavy atom. The predicted octanol–water partition coefficient (Wildman–Crippen LogP) is 4.00. The van der Waals surface area contributed by atoms with Gasteiger partial charge in [-0.1, -0.05) is 42.5 Å². The number of para-hydroxylation sites is 2. The molecule has 0 radical (unpaired) electrons. The Kier molecular flexibility index (Phi) is 4.71. The summed E-state index contributed by atoms with van der Waals surface area (Å²) in [5.41, 5.74) is 1.12. The number of rotatable bonds is 2. The minimum atomic E-state index is 0. The van der Waals surface area contributed by atoms with Crippen LogP contribution in [0.15, 0.2) is 65.7 Å². The first-order chi connectivity index (χ1) is 9.75. The van der Waals surface area contributed by atoms with Crippen molar-refractivity contribution in [3.8, 4) is 11.5 Å². The number of benzene rings is 3. The molecule has 0 aliphatic heterocycles. The van der Waals surface area contributed by atoms with Crippen LogP contribution in [0, 0.1) is 0 Å². The summed E-state index contributed by atoms with van der Waals surface area (Å²) in [5, 5.41) is 21.7. The predicted molar refractivity (Wildman–Crippen MR) is 81.0 cm³/mol. The Bertz CT molecular complexity index is 800. The molecular weight excluding hydrogens is 316 g/mol. The first-order valence-corrected chi connectivity index (χ1v) is 6.28. The molecule has 0 saturated carbocycles. The molecule has 2 N–H and O–H groups in total. The molecule has 3 nitrogen and oxygen atoms in total. The minimum Gasteiger partial charge on any atom is -0.507 e. The zero-order chi connectivity index (χ0) is 13.9. The van der Waals surface area contributed by atoms with E-state index in [0.717, 1.165) is 10.8 Å². The van der Waals surface area contributed by atoms with Gasteiger partial charge in [-0.25, -0.2) is 0 Å². The van der Waals surface area contributed by atoms with Gasteiger partial charge in [-0.2, -0.15) is 0 Å². The van der Waals surface area contributed by atoms with Crippen LogP contribution in [0.4, 0.5) is 5.69 Å². The van der Waals surface area contributed by atoms with Crippen molar-refractivity contribution in [2.75, 3.05) is 0 Å². The smallest absolute Gasteiger partial charge is 0.141 e. The molecule has 0 bridgehead atoms. The van der Waals surface area contributed by atoms with E-state index in [1.54, 1.807) is 36.5 Å². The molecule has 0 heterocycles. The van der Waals surface area contributed by atoms with Crippen molar-refractivity contribution in [1.82, 2.24) is 0 Å². The van der Waals surface area contributed by atoms with E-state index in [-0.39, 0.29) is 31.0 Å². The second-order valence-corrected chi connectivity index (χ2v) is 4.47. The van der Waals surface area contributed by atoms with Gasteiger partial charge >= 0.3 is 0 Å². The molecule has 0 aromatic heterocycles. The SMILES string of the molecule is Oc1ccccc1N=Cc1c(O)ccc2ccccc12.[Zn]. The molecule has 0 spiro atoms. The van der Waals surface area contributed by atoms with Crippen LogP contribution in [0.5, 0.6) is 11.5 Å². The second-order valence-electron chi connectivity index (χ2n) is 4.47. The van der Waals surface area contributed by atoms with Crippen LogP contribution in [0.3, 0.4) is 0 Å². The number of phenolic OH excluding ortho intramolecular Hbond substituents is 2. The van der Waals surface area contributed by atoms with Crippen molar-refractivity contribution >= 4 is 22.7 Å². The van der Waals surface area contributed by atoms with Gasteiger partial charge in [0.2, 0.25) is 0 Å². The molecule has 0 aliphatic rings. The van der Waals surface area contributed by atoms with E-state index < -0.39 is 0 Å². The maximum Gasteiger partial charge on any atom is 0.141 e. The Morgan fingerprint density at radius 3 is 2.29 bits per heavy atom. The molecule has 0 fully saturated rings. The third-order valence-corrected chi connectivity index (χ3v) is 3.16. The Morgan fingerprint density at radius 1 is 0.762 bits per heavy atom. The van der Waals surface area contributed by atoms with E-state index in [1.165, 1.54) is 0 Å². The molecular formula is C17H13NO2Zn. The topological polar surface area (TPSA) is 52.8 Å². The number of nitrogens with zero attached hydrogens (tertiary/aromatic N) is 1. The average molecular weight is 329 g/mol. The van der Waals surface area contributed by atoms with Crippen LogP contribution in [0.2, 0.25) is 0 Å². The van der Waals surface area contributed by atoms with Crippen LogP contribution >= 0.6 is 0 Å². The van der Waals surface area contributed by atoms with Crippen molar-refractivity contribution in [3.05, 3.63) is 66.2 Å². The summed E-state index contributed by atoms with van der Waals surface area (Å²) in [6, 6.07) is 18.1. The molecule has 3 aromatic rings. The maximum atomic E-state index is 10.0. The Hall–Kier alpha value is -2.19. The number of hydrogen-bond acceptors (Lipinski definition) is 3. The standard InChI is InChI=1S/C17H13NO2.Zn/c19-16-10-9-12-5-1-2-6-13(12)14(16)11-18-15-7-3-4-8-17(15)20;/h1-11,19-20H;. The van der Waals surface area contributed by atoms with Crippen molar-refractivity contribution in [1.29, 1.82) is 0 Å². The number of fused-ring (bicyclic) bond motifs is 1. The molecule has 0 aliphatic carbocycles. The summed E-state index contributed by atoms with van der Waals surface area (Å²) >= 11 is 0. The molecule has 100 valence electrons. The summed E-state index contributed by atoms with van der Waals surface area (Å²) in [6.07, 6.45) is 1.58. The van der Waals surface area contributed by atoms with Crippen LogP contribution in [-0.4, -0.2) is 16.4 Å². The van der Waals surface area contributed by atoms with Crippen molar-refractivity contribution in [2.45, 2.75) is 0 Å². The summed E-state index contributed by atoms with van der Waals surface area (Å²) in [4.78, 5) is 4.25. The number of phenols is 2. The van der Waals surface area contributed by atoms with Gasteiger partial charge in [-0.15, -0.1) is 0 Å². The summed E-state index contributed by atoms with van der Waals surface area (Å²) in [6.45, 7) is 0. The van der Waals surface area contributed by atoms with E-state index in [2.05, 4.69) is 4.99 Å². The van der Waals surface area contributed by atoms with Crippen molar-refractivity contribution in [2.24, 2.45) is 4.99 Å². The third kappa shape index (κ3) is 3.12. The first kappa shape index (κ1) is 15.2. The number of aliphatic imine (C=N–C) groups is 1. The van der Waals surface area contributed by atoms with Crippen LogP contribution < -0.4 is 0 Å².